The maximum Gasteiger partial charge on any atom is 0.0340 e. The van der Waals surface area contributed by atoms with Crippen LogP contribution in [0.25, 0.3) is 0 Å². The molecule has 0 saturated heterocycles. The van der Waals surface area contributed by atoms with Gasteiger partial charge in [0.05, 0.1) is 0 Å². The highest BCUT2D eigenvalue weighted by atomic mass is 79.9. The van der Waals surface area contributed by atoms with Gasteiger partial charge in [-0.1, -0.05) is 41.1 Å². The summed E-state index contributed by atoms with van der Waals surface area (Å²) in [6.07, 6.45) is 1.99. The zero-order valence-electron chi connectivity index (χ0n) is 10.8. The van der Waals surface area contributed by atoms with E-state index in [1.807, 2.05) is 6.92 Å². The molecule has 1 aromatic rings. The maximum atomic E-state index is 3.68. The number of benzene rings is 1. The number of aryl methyl sites for hydroxylation is 1. The molecule has 17 heavy (non-hydrogen) atoms. The van der Waals surface area contributed by atoms with E-state index in [-0.39, 0.29) is 0 Å². The van der Waals surface area contributed by atoms with Crippen LogP contribution in [0.1, 0.15) is 43.9 Å². The molecule has 0 aliphatic heterocycles. The van der Waals surface area contributed by atoms with Crippen molar-refractivity contribution in [1.29, 1.82) is 0 Å². The molecule has 92 valence electrons. The molecule has 0 bridgehead atoms. The van der Waals surface area contributed by atoms with E-state index in [4.69, 9.17) is 0 Å². The molecule has 1 aromatic carbocycles. The van der Waals surface area contributed by atoms with E-state index in [0.717, 1.165) is 19.4 Å². The predicted octanol–water partition coefficient (Wildman–Crippen LogP) is 4.21. The lowest BCUT2D eigenvalue weighted by molar-refractivity contribution is 0.520. The lowest BCUT2D eigenvalue weighted by Crippen LogP contribution is -2.21. The highest BCUT2D eigenvalue weighted by Crippen LogP contribution is 2.29. The normalized spacial score (nSPS) is 11.8. The molecule has 0 aliphatic rings. The molecular formula is C15H20BrN. The zero-order valence-corrected chi connectivity index (χ0v) is 12.4. The lowest BCUT2D eigenvalue weighted by Gasteiger charge is -2.19. The lowest BCUT2D eigenvalue weighted by atomic mass is 10.00. The molecule has 0 fully saturated rings. The Bertz CT molecular complexity index is 415. The van der Waals surface area contributed by atoms with Crippen molar-refractivity contribution in [2.24, 2.45) is 0 Å². The fourth-order valence-electron chi connectivity index (χ4n) is 1.89. The second-order valence-corrected chi connectivity index (χ2v) is 4.85. The molecule has 0 spiro atoms. The molecule has 0 radical (unpaired) electrons. The Morgan fingerprint density at radius 3 is 2.82 bits per heavy atom. The summed E-state index contributed by atoms with van der Waals surface area (Å²) in [5.41, 5.74) is 2.62. The van der Waals surface area contributed by atoms with Gasteiger partial charge < -0.3 is 5.32 Å². The molecule has 0 saturated carbocycles. The van der Waals surface area contributed by atoms with Gasteiger partial charge in [0, 0.05) is 16.9 Å². The van der Waals surface area contributed by atoms with Gasteiger partial charge in [0.15, 0.2) is 0 Å². The molecule has 0 heterocycles. The van der Waals surface area contributed by atoms with E-state index < -0.39 is 0 Å². The third-order valence-corrected chi connectivity index (χ3v) is 3.87. The smallest absolute Gasteiger partial charge is 0.0340 e. The van der Waals surface area contributed by atoms with Crippen LogP contribution in [0.3, 0.4) is 0 Å². The first-order chi connectivity index (χ1) is 8.20. The van der Waals surface area contributed by atoms with Crippen LogP contribution < -0.4 is 5.32 Å². The summed E-state index contributed by atoms with van der Waals surface area (Å²) in [6, 6.07) is 6.81. The highest BCUT2D eigenvalue weighted by Gasteiger charge is 2.13. The van der Waals surface area contributed by atoms with Crippen molar-refractivity contribution < 1.29 is 0 Å². The summed E-state index contributed by atoms with van der Waals surface area (Å²) in [7, 11) is 0. The van der Waals surface area contributed by atoms with E-state index in [0.29, 0.717) is 6.04 Å². The summed E-state index contributed by atoms with van der Waals surface area (Å²) >= 11 is 3.68. The van der Waals surface area contributed by atoms with Crippen molar-refractivity contribution in [2.45, 2.75) is 39.7 Å². The van der Waals surface area contributed by atoms with Crippen molar-refractivity contribution in [3.63, 3.8) is 0 Å². The van der Waals surface area contributed by atoms with Crippen molar-refractivity contribution in [3.05, 3.63) is 33.8 Å². The van der Waals surface area contributed by atoms with E-state index in [9.17, 15) is 0 Å². The Morgan fingerprint density at radius 1 is 1.41 bits per heavy atom. The van der Waals surface area contributed by atoms with Crippen molar-refractivity contribution in [2.75, 3.05) is 6.54 Å². The molecule has 1 unspecified atom stereocenters. The minimum atomic E-state index is 0.384. The number of halogens is 1. The fourth-order valence-corrected chi connectivity index (χ4v) is 2.44. The van der Waals surface area contributed by atoms with Gasteiger partial charge in [-0.2, -0.15) is 0 Å². The monoisotopic (exact) mass is 293 g/mol. The topological polar surface area (TPSA) is 12.0 Å². The van der Waals surface area contributed by atoms with Crippen molar-refractivity contribution >= 4 is 15.9 Å². The highest BCUT2D eigenvalue weighted by molar-refractivity contribution is 9.10. The van der Waals surface area contributed by atoms with E-state index in [1.54, 1.807) is 0 Å². The average Bonchev–Trinajstić information content (AvgIpc) is 2.32. The van der Waals surface area contributed by atoms with Crippen LogP contribution in [0, 0.1) is 18.8 Å². The van der Waals surface area contributed by atoms with Gasteiger partial charge in [0.1, 0.15) is 0 Å². The number of rotatable bonds is 5. The zero-order chi connectivity index (χ0) is 12.7. The van der Waals surface area contributed by atoms with Crippen LogP contribution in [-0.2, 0) is 0 Å². The van der Waals surface area contributed by atoms with Crippen molar-refractivity contribution in [3.8, 4) is 11.8 Å². The number of hydrogen-bond donors (Lipinski definition) is 1. The van der Waals surface area contributed by atoms with E-state index in [2.05, 4.69) is 65.1 Å². The first-order valence-corrected chi connectivity index (χ1v) is 6.88. The summed E-state index contributed by atoms with van der Waals surface area (Å²) in [5.74, 6) is 6.09. The van der Waals surface area contributed by atoms with Crippen LogP contribution in [0.2, 0.25) is 0 Å². The van der Waals surface area contributed by atoms with Crippen LogP contribution in [0.15, 0.2) is 22.7 Å². The van der Waals surface area contributed by atoms with Gasteiger partial charge in [0.2, 0.25) is 0 Å². The Balaban J connectivity index is 2.87. The Labute approximate surface area is 113 Å². The third-order valence-electron chi connectivity index (χ3n) is 2.78. The molecule has 1 nitrogen and oxygen atoms in total. The van der Waals surface area contributed by atoms with Gasteiger partial charge in [-0.25, -0.2) is 0 Å². The fraction of sp³-hybridized carbons (Fsp3) is 0.467. The minimum absolute atomic E-state index is 0.384. The largest absolute Gasteiger partial charge is 0.310 e. The summed E-state index contributed by atoms with van der Waals surface area (Å²) in [4.78, 5) is 0. The molecular weight excluding hydrogens is 274 g/mol. The first-order valence-electron chi connectivity index (χ1n) is 6.08. The van der Waals surface area contributed by atoms with Gasteiger partial charge in [-0.05, 0) is 37.9 Å². The summed E-state index contributed by atoms with van der Waals surface area (Å²) < 4.78 is 1.22. The molecule has 1 atom stereocenters. The standard InChI is InChI=1S/C15H20BrN/c1-4-6-7-11-14(17-5-2)13-10-8-9-12(3)15(13)16/h8-10,14,17H,5,7,11H2,1-3H3. The first kappa shape index (κ1) is 14.3. The predicted molar refractivity (Wildman–Crippen MR) is 78.0 cm³/mol. The molecule has 0 aliphatic carbocycles. The maximum absolute atomic E-state index is 3.68. The van der Waals surface area contributed by atoms with Crippen LogP contribution in [-0.4, -0.2) is 6.54 Å². The van der Waals surface area contributed by atoms with Gasteiger partial charge >= 0.3 is 0 Å². The van der Waals surface area contributed by atoms with E-state index >= 15 is 0 Å². The molecule has 1 rings (SSSR count). The Kier molecular flexibility index (Phi) is 6.32. The average molecular weight is 294 g/mol. The second-order valence-electron chi connectivity index (χ2n) is 4.05. The quantitative estimate of drug-likeness (QED) is 0.802. The second kappa shape index (κ2) is 7.53. The molecule has 1 N–H and O–H groups in total. The molecule has 0 aromatic heterocycles. The molecule has 0 amide bonds. The Hall–Kier alpha value is -0.780. The van der Waals surface area contributed by atoms with Gasteiger partial charge in [-0.15, -0.1) is 11.8 Å². The van der Waals surface area contributed by atoms with Crippen molar-refractivity contribution in [1.82, 2.24) is 5.32 Å². The van der Waals surface area contributed by atoms with Crippen LogP contribution in [0.4, 0.5) is 0 Å². The van der Waals surface area contributed by atoms with Gasteiger partial charge in [-0.3, -0.25) is 0 Å². The van der Waals surface area contributed by atoms with Gasteiger partial charge in [0.25, 0.3) is 0 Å². The van der Waals surface area contributed by atoms with Crippen LogP contribution in [0.5, 0.6) is 0 Å². The van der Waals surface area contributed by atoms with E-state index in [1.165, 1.54) is 15.6 Å². The summed E-state index contributed by atoms with van der Waals surface area (Å²) in [5, 5.41) is 3.53. The number of hydrogen-bond acceptors (Lipinski definition) is 1. The molecule has 2 heteroatoms. The minimum Gasteiger partial charge on any atom is -0.310 e. The SMILES string of the molecule is CC#CCCC(NCC)c1cccc(C)c1Br. The summed E-state index contributed by atoms with van der Waals surface area (Å²) in [6.45, 7) is 7.14. The third kappa shape index (κ3) is 4.18. The Morgan fingerprint density at radius 2 is 2.18 bits per heavy atom. The number of nitrogens with one attached hydrogen (secondary N) is 1. The van der Waals surface area contributed by atoms with Crippen LogP contribution >= 0.6 is 15.9 Å².